The third kappa shape index (κ3) is 2.91. The molecule has 0 atom stereocenters. The monoisotopic (exact) mass is 318 g/mol. The maximum atomic E-state index is 11.6. The van der Waals surface area contributed by atoms with Gasteiger partial charge in [0.25, 0.3) is 10.1 Å². The van der Waals surface area contributed by atoms with Gasteiger partial charge >= 0.3 is 0 Å². The second-order valence-corrected chi connectivity index (χ2v) is 6.56. The molecule has 0 fully saturated rings. The van der Waals surface area contributed by atoms with Crippen LogP contribution in [0.25, 0.3) is 11.1 Å². The van der Waals surface area contributed by atoms with Gasteiger partial charge in [0, 0.05) is 16.7 Å². The summed E-state index contributed by atoms with van der Waals surface area (Å²) in [6.45, 7) is 7.27. The molecule has 0 saturated carbocycles. The van der Waals surface area contributed by atoms with Crippen LogP contribution in [0.15, 0.2) is 47.9 Å². The largest absolute Gasteiger partial charge is 0.507 e. The van der Waals surface area contributed by atoms with Gasteiger partial charge in [0.1, 0.15) is 10.6 Å². The molecule has 0 heterocycles. The average molecular weight is 318 g/mol. The molecule has 0 bridgehead atoms. The van der Waals surface area contributed by atoms with Crippen LogP contribution in [0, 0.1) is 13.8 Å². The first kappa shape index (κ1) is 16.3. The van der Waals surface area contributed by atoms with Gasteiger partial charge in [0.05, 0.1) is 0 Å². The normalized spacial score (nSPS) is 11.4. The number of phenols is 1. The highest BCUT2D eigenvalue weighted by molar-refractivity contribution is 7.86. The van der Waals surface area contributed by atoms with E-state index in [0.29, 0.717) is 28.7 Å². The summed E-state index contributed by atoms with van der Waals surface area (Å²) >= 11 is 0. The minimum Gasteiger partial charge on any atom is -0.507 e. The third-order valence-electron chi connectivity index (χ3n) is 3.65. The smallest absolute Gasteiger partial charge is 0.295 e. The highest BCUT2D eigenvalue weighted by atomic mass is 32.2. The Morgan fingerprint density at radius 2 is 1.82 bits per heavy atom. The zero-order chi connectivity index (χ0) is 16.5. The molecule has 0 saturated heterocycles. The summed E-state index contributed by atoms with van der Waals surface area (Å²) in [5, 5.41) is 10.5. The summed E-state index contributed by atoms with van der Waals surface area (Å²) in [7, 11) is -4.39. The highest BCUT2D eigenvalue weighted by Crippen LogP contribution is 2.39. The summed E-state index contributed by atoms with van der Waals surface area (Å²) in [6, 6.07) is 8.08. The van der Waals surface area contributed by atoms with E-state index in [0.717, 1.165) is 5.56 Å². The van der Waals surface area contributed by atoms with Gasteiger partial charge in [0.2, 0.25) is 0 Å². The zero-order valence-corrected chi connectivity index (χ0v) is 13.3. The van der Waals surface area contributed by atoms with E-state index in [4.69, 9.17) is 0 Å². The lowest BCUT2D eigenvalue weighted by Gasteiger charge is -2.16. The summed E-state index contributed by atoms with van der Waals surface area (Å²) in [5.74, 6) is 0.0131. The molecule has 0 radical (unpaired) electrons. The predicted octanol–water partition coefficient (Wildman–Crippen LogP) is 3.65. The highest BCUT2D eigenvalue weighted by Gasteiger charge is 2.21. The van der Waals surface area contributed by atoms with Crippen LogP contribution in [0.2, 0.25) is 0 Å². The van der Waals surface area contributed by atoms with E-state index in [1.165, 1.54) is 6.07 Å². The van der Waals surface area contributed by atoms with E-state index in [1.54, 1.807) is 31.2 Å². The van der Waals surface area contributed by atoms with Gasteiger partial charge in [-0.25, -0.2) is 0 Å². The van der Waals surface area contributed by atoms with Crippen molar-refractivity contribution < 1.29 is 18.1 Å². The Bertz CT molecular complexity index is 836. The molecule has 2 N–H and O–H groups in total. The number of benzene rings is 2. The number of allylic oxidation sites excluding steroid dienone is 1. The van der Waals surface area contributed by atoms with Crippen LogP contribution >= 0.6 is 0 Å². The fourth-order valence-corrected chi connectivity index (χ4v) is 3.32. The van der Waals surface area contributed by atoms with Crippen LogP contribution in [0.4, 0.5) is 0 Å². The molecule has 0 amide bonds. The van der Waals surface area contributed by atoms with Gasteiger partial charge in [-0.05, 0) is 37.5 Å². The molecule has 0 aliphatic rings. The zero-order valence-electron chi connectivity index (χ0n) is 12.5. The van der Waals surface area contributed by atoms with Crippen LogP contribution in [0.5, 0.6) is 5.75 Å². The number of aryl methyl sites for hydroxylation is 2. The summed E-state index contributed by atoms with van der Waals surface area (Å²) in [4.78, 5) is -0.212. The van der Waals surface area contributed by atoms with Crippen molar-refractivity contribution in [1.29, 1.82) is 0 Å². The maximum absolute atomic E-state index is 11.6. The van der Waals surface area contributed by atoms with Crippen molar-refractivity contribution in [2.75, 3.05) is 0 Å². The minimum absolute atomic E-state index is 0.0131. The second kappa shape index (κ2) is 5.94. The van der Waals surface area contributed by atoms with E-state index >= 15 is 0 Å². The molecule has 0 spiro atoms. The fourth-order valence-electron chi connectivity index (χ4n) is 2.54. The first-order valence-electron chi connectivity index (χ1n) is 6.77. The minimum atomic E-state index is -4.39. The van der Waals surface area contributed by atoms with Crippen LogP contribution in [-0.2, 0) is 16.5 Å². The first-order valence-corrected chi connectivity index (χ1v) is 8.21. The Morgan fingerprint density at radius 1 is 1.14 bits per heavy atom. The summed E-state index contributed by atoms with van der Waals surface area (Å²) in [6.07, 6.45) is 2.14. The molecular formula is C17H18O4S. The number of aromatic hydroxyl groups is 1. The third-order valence-corrected chi connectivity index (χ3v) is 4.54. The topological polar surface area (TPSA) is 74.6 Å². The van der Waals surface area contributed by atoms with Crippen molar-refractivity contribution in [3.8, 4) is 16.9 Å². The fraction of sp³-hybridized carbons (Fsp3) is 0.176. The second-order valence-electron chi connectivity index (χ2n) is 5.17. The van der Waals surface area contributed by atoms with Crippen molar-refractivity contribution in [1.82, 2.24) is 0 Å². The van der Waals surface area contributed by atoms with E-state index in [2.05, 4.69) is 6.58 Å². The van der Waals surface area contributed by atoms with Crippen molar-refractivity contribution >= 4 is 10.1 Å². The Balaban J connectivity index is 2.84. The van der Waals surface area contributed by atoms with E-state index in [1.807, 2.05) is 13.0 Å². The SMILES string of the molecule is C=CCc1c(C)ccc(-c2c(C)cccc2S(=O)(=O)O)c1O. The standard InChI is InChI=1S/C17H18O4S/c1-4-6-13-11(2)9-10-14(17(13)18)16-12(3)7-5-8-15(16)22(19,20)21/h4-5,7-10,18H,1,6H2,2-3H3,(H,19,20,21). The lowest BCUT2D eigenvalue weighted by molar-refractivity contribution is 0.470. The Hall–Kier alpha value is -2.11. The lowest BCUT2D eigenvalue weighted by Crippen LogP contribution is -2.03. The number of phenolic OH excluding ortho intramolecular Hbond substituents is 1. The van der Waals surface area contributed by atoms with E-state index < -0.39 is 10.1 Å². The van der Waals surface area contributed by atoms with Crippen molar-refractivity contribution in [2.24, 2.45) is 0 Å². The van der Waals surface area contributed by atoms with Gasteiger partial charge in [-0.2, -0.15) is 8.42 Å². The molecule has 22 heavy (non-hydrogen) atoms. The molecule has 4 nitrogen and oxygen atoms in total. The molecule has 0 unspecified atom stereocenters. The molecule has 0 aromatic heterocycles. The summed E-state index contributed by atoms with van der Waals surface area (Å²) in [5.41, 5.74) is 2.93. The van der Waals surface area contributed by atoms with Crippen LogP contribution in [-0.4, -0.2) is 18.1 Å². The quantitative estimate of drug-likeness (QED) is 0.666. The predicted molar refractivity (Wildman–Crippen MR) is 86.7 cm³/mol. The molecule has 0 aliphatic carbocycles. The average Bonchev–Trinajstić information content (AvgIpc) is 2.43. The van der Waals surface area contributed by atoms with Gasteiger partial charge in [-0.1, -0.05) is 30.3 Å². The number of hydrogen-bond acceptors (Lipinski definition) is 3. The molecule has 5 heteroatoms. The van der Waals surface area contributed by atoms with Crippen molar-refractivity contribution in [3.05, 3.63) is 59.7 Å². The molecular weight excluding hydrogens is 300 g/mol. The van der Waals surface area contributed by atoms with Gasteiger partial charge in [-0.15, -0.1) is 6.58 Å². The molecule has 0 aliphatic heterocycles. The van der Waals surface area contributed by atoms with Crippen LogP contribution in [0.1, 0.15) is 16.7 Å². The van der Waals surface area contributed by atoms with Gasteiger partial charge in [-0.3, -0.25) is 4.55 Å². The Kier molecular flexibility index (Phi) is 4.39. The van der Waals surface area contributed by atoms with Gasteiger partial charge in [0.15, 0.2) is 0 Å². The molecule has 2 aromatic carbocycles. The molecule has 2 aromatic rings. The molecule has 2 rings (SSSR count). The molecule has 116 valence electrons. The first-order chi connectivity index (χ1) is 10.3. The summed E-state index contributed by atoms with van der Waals surface area (Å²) < 4.78 is 32.7. The van der Waals surface area contributed by atoms with Crippen LogP contribution < -0.4 is 0 Å². The van der Waals surface area contributed by atoms with Crippen molar-refractivity contribution in [2.45, 2.75) is 25.2 Å². The van der Waals surface area contributed by atoms with E-state index in [9.17, 15) is 18.1 Å². The maximum Gasteiger partial charge on any atom is 0.295 e. The number of hydrogen-bond donors (Lipinski definition) is 2. The van der Waals surface area contributed by atoms with Crippen LogP contribution in [0.3, 0.4) is 0 Å². The lowest BCUT2D eigenvalue weighted by atomic mass is 9.94. The number of rotatable bonds is 4. The Morgan fingerprint density at radius 3 is 2.41 bits per heavy atom. The Labute approximate surface area is 130 Å². The van der Waals surface area contributed by atoms with E-state index in [-0.39, 0.29) is 10.6 Å². The van der Waals surface area contributed by atoms with Crippen molar-refractivity contribution in [3.63, 3.8) is 0 Å². The van der Waals surface area contributed by atoms with Gasteiger partial charge < -0.3 is 5.11 Å².